The number of rotatable bonds is 5. The lowest BCUT2D eigenvalue weighted by Gasteiger charge is -2.15. The lowest BCUT2D eigenvalue weighted by molar-refractivity contribution is -0.123. The van der Waals surface area contributed by atoms with Gasteiger partial charge in [0.05, 0.1) is 0 Å². The molecule has 24 heavy (non-hydrogen) atoms. The largest absolute Gasteiger partial charge is 0.300 e. The number of hydrogen-bond donors (Lipinski definition) is 2. The van der Waals surface area contributed by atoms with E-state index in [4.69, 9.17) is 0 Å². The zero-order chi connectivity index (χ0) is 18.0. The molecule has 0 radical (unpaired) electrons. The number of amides is 1. The van der Waals surface area contributed by atoms with Gasteiger partial charge >= 0.3 is 0 Å². The fourth-order valence-corrected chi connectivity index (χ4v) is 3.64. The van der Waals surface area contributed by atoms with Crippen LogP contribution in [0.1, 0.15) is 31.9 Å². The van der Waals surface area contributed by atoms with Crippen molar-refractivity contribution in [2.75, 3.05) is 5.32 Å². The van der Waals surface area contributed by atoms with Crippen LogP contribution in [0.2, 0.25) is 0 Å². The van der Waals surface area contributed by atoms with E-state index < -0.39 is 15.4 Å². The van der Waals surface area contributed by atoms with E-state index in [0.29, 0.717) is 0 Å². The van der Waals surface area contributed by atoms with Crippen molar-refractivity contribution in [3.05, 3.63) is 35.4 Å². The lowest BCUT2D eigenvalue weighted by Crippen LogP contribution is -2.27. The SMILES string of the molecule is Cc1ccccc1CNS(=O)(=O)c1nnc(NC(=O)C(C)(C)C)s1. The highest BCUT2D eigenvalue weighted by molar-refractivity contribution is 7.91. The van der Waals surface area contributed by atoms with Gasteiger partial charge in [-0.2, -0.15) is 0 Å². The molecule has 1 aromatic carbocycles. The molecule has 0 atom stereocenters. The smallest absolute Gasteiger partial charge is 0.270 e. The number of nitrogens with zero attached hydrogens (tertiary/aromatic N) is 2. The summed E-state index contributed by atoms with van der Waals surface area (Å²) in [6.45, 7) is 7.34. The Morgan fingerprint density at radius 3 is 2.50 bits per heavy atom. The lowest BCUT2D eigenvalue weighted by atomic mass is 9.96. The molecule has 0 spiro atoms. The van der Waals surface area contributed by atoms with Crippen molar-refractivity contribution >= 4 is 32.4 Å². The zero-order valence-corrected chi connectivity index (χ0v) is 15.6. The first-order valence-electron chi connectivity index (χ1n) is 7.29. The molecule has 0 saturated carbocycles. The summed E-state index contributed by atoms with van der Waals surface area (Å²) in [4.78, 5) is 11.9. The molecule has 0 unspecified atom stereocenters. The molecular formula is C15H20N4O3S2. The summed E-state index contributed by atoms with van der Waals surface area (Å²) in [5.41, 5.74) is 1.27. The number of carbonyl (C=O) groups excluding carboxylic acids is 1. The van der Waals surface area contributed by atoms with Gasteiger partial charge in [0, 0.05) is 12.0 Å². The number of aromatic nitrogens is 2. The summed E-state index contributed by atoms with van der Waals surface area (Å²) in [6, 6.07) is 7.51. The van der Waals surface area contributed by atoms with Crippen LogP contribution in [-0.4, -0.2) is 24.5 Å². The van der Waals surface area contributed by atoms with Gasteiger partial charge in [0.25, 0.3) is 10.0 Å². The van der Waals surface area contributed by atoms with Crippen LogP contribution in [0.3, 0.4) is 0 Å². The first-order chi connectivity index (χ1) is 11.1. The van der Waals surface area contributed by atoms with Crippen LogP contribution in [0.15, 0.2) is 28.6 Å². The quantitative estimate of drug-likeness (QED) is 0.789. The highest BCUT2D eigenvalue weighted by Gasteiger charge is 2.25. The number of sulfonamides is 1. The molecular weight excluding hydrogens is 348 g/mol. The van der Waals surface area contributed by atoms with E-state index in [0.717, 1.165) is 22.5 Å². The summed E-state index contributed by atoms with van der Waals surface area (Å²) < 4.78 is 26.9. The van der Waals surface area contributed by atoms with Gasteiger partial charge in [-0.3, -0.25) is 4.79 Å². The number of nitrogens with one attached hydrogen (secondary N) is 2. The van der Waals surface area contributed by atoms with Crippen LogP contribution >= 0.6 is 11.3 Å². The molecule has 0 aliphatic rings. The monoisotopic (exact) mass is 368 g/mol. The van der Waals surface area contributed by atoms with Crippen LogP contribution in [-0.2, 0) is 21.4 Å². The molecule has 1 amide bonds. The average Bonchev–Trinajstić information content (AvgIpc) is 2.95. The number of benzene rings is 1. The Balaban J connectivity index is 2.08. The number of anilines is 1. The van der Waals surface area contributed by atoms with Crippen LogP contribution < -0.4 is 10.0 Å². The third kappa shape index (κ3) is 4.59. The van der Waals surface area contributed by atoms with E-state index in [1.54, 1.807) is 20.8 Å². The highest BCUT2D eigenvalue weighted by atomic mass is 32.2. The molecule has 2 N–H and O–H groups in total. The average molecular weight is 368 g/mol. The van der Waals surface area contributed by atoms with Crippen molar-refractivity contribution in [3.8, 4) is 0 Å². The van der Waals surface area contributed by atoms with Crippen LogP contribution in [0, 0.1) is 12.3 Å². The van der Waals surface area contributed by atoms with Crippen molar-refractivity contribution in [2.24, 2.45) is 5.41 Å². The third-order valence-electron chi connectivity index (χ3n) is 3.25. The maximum absolute atomic E-state index is 12.3. The number of aryl methyl sites for hydroxylation is 1. The van der Waals surface area contributed by atoms with Crippen LogP contribution in [0.4, 0.5) is 5.13 Å². The second kappa shape index (κ2) is 6.96. The molecule has 1 aromatic heterocycles. The van der Waals surface area contributed by atoms with Gasteiger partial charge in [0.1, 0.15) is 0 Å². The summed E-state index contributed by atoms with van der Waals surface area (Å²) in [5.74, 6) is -0.254. The summed E-state index contributed by atoms with van der Waals surface area (Å²) in [6.07, 6.45) is 0. The topological polar surface area (TPSA) is 101 Å². The standard InChI is InChI=1S/C15H20N4O3S2/c1-10-7-5-6-8-11(10)9-16-24(21,22)14-19-18-13(23-14)17-12(20)15(2,3)4/h5-8,16H,9H2,1-4H3,(H,17,18,20). The van der Waals surface area contributed by atoms with Gasteiger partial charge in [-0.25, -0.2) is 13.1 Å². The van der Waals surface area contributed by atoms with Crippen molar-refractivity contribution in [3.63, 3.8) is 0 Å². The molecule has 7 nitrogen and oxygen atoms in total. The summed E-state index contributed by atoms with van der Waals surface area (Å²) >= 11 is 0.819. The Labute approximate surface area is 145 Å². The summed E-state index contributed by atoms with van der Waals surface area (Å²) in [7, 11) is -3.78. The minimum Gasteiger partial charge on any atom is -0.300 e. The van der Waals surface area contributed by atoms with Crippen LogP contribution in [0.5, 0.6) is 0 Å². The summed E-state index contributed by atoms with van der Waals surface area (Å²) in [5, 5.41) is 10.1. The molecule has 2 aromatic rings. The van der Waals surface area contributed by atoms with E-state index in [9.17, 15) is 13.2 Å². The molecule has 0 aliphatic heterocycles. The molecule has 9 heteroatoms. The molecule has 1 heterocycles. The number of carbonyl (C=O) groups is 1. The van der Waals surface area contributed by atoms with Gasteiger partial charge in [-0.1, -0.05) is 56.4 Å². The molecule has 130 valence electrons. The Bertz CT molecular complexity index is 838. The molecule has 0 bridgehead atoms. The number of hydrogen-bond acceptors (Lipinski definition) is 6. The van der Waals surface area contributed by atoms with Gasteiger partial charge in [-0.15, -0.1) is 10.2 Å². The Morgan fingerprint density at radius 2 is 1.88 bits per heavy atom. The maximum Gasteiger partial charge on any atom is 0.270 e. The predicted molar refractivity (Wildman–Crippen MR) is 93.2 cm³/mol. The van der Waals surface area contributed by atoms with Gasteiger partial charge in [-0.05, 0) is 18.1 Å². The van der Waals surface area contributed by atoms with Crippen molar-refractivity contribution in [1.82, 2.24) is 14.9 Å². The molecule has 0 fully saturated rings. The predicted octanol–water partition coefficient (Wildman–Crippen LogP) is 2.31. The van der Waals surface area contributed by atoms with E-state index in [1.807, 2.05) is 31.2 Å². The van der Waals surface area contributed by atoms with E-state index >= 15 is 0 Å². The first kappa shape index (κ1) is 18.5. The van der Waals surface area contributed by atoms with Gasteiger partial charge in [0.2, 0.25) is 15.4 Å². The highest BCUT2D eigenvalue weighted by Crippen LogP contribution is 2.23. The normalized spacial score (nSPS) is 12.2. The second-order valence-electron chi connectivity index (χ2n) is 6.33. The Hall–Kier alpha value is -1.84. The molecule has 0 aliphatic carbocycles. The first-order valence-corrected chi connectivity index (χ1v) is 9.59. The second-order valence-corrected chi connectivity index (χ2v) is 9.25. The van der Waals surface area contributed by atoms with Crippen molar-refractivity contribution in [1.29, 1.82) is 0 Å². The van der Waals surface area contributed by atoms with Crippen molar-refractivity contribution in [2.45, 2.75) is 38.6 Å². The Kier molecular flexibility index (Phi) is 5.36. The minimum absolute atomic E-state index is 0.159. The third-order valence-corrected chi connectivity index (χ3v) is 5.86. The minimum atomic E-state index is -3.78. The van der Waals surface area contributed by atoms with E-state index in [-0.39, 0.29) is 21.9 Å². The van der Waals surface area contributed by atoms with Gasteiger partial charge in [0.15, 0.2) is 0 Å². The van der Waals surface area contributed by atoms with Gasteiger partial charge < -0.3 is 5.32 Å². The molecule has 0 saturated heterocycles. The van der Waals surface area contributed by atoms with Crippen LogP contribution in [0.25, 0.3) is 0 Å². The van der Waals surface area contributed by atoms with E-state index in [1.165, 1.54) is 0 Å². The fourth-order valence-electron chi connectivity index (χ4n) is 1.70. The fraction of sp³-hybridized carbons (Fsp3) is 0.400. The Morgan fingerprint density at radius 1 is 1.21 bits per heavy atom. The van der Waals surface area contributed by atoms with E-state index in [2.05, 4.69) is 20.2 Å². The maximum atomic E-state index is 12.3. The zero-order valence-electron chi connectivity index (χ0n) is 14.0. The van der Waals surface area contributed by atoms with Crippen molar-refractivity contribution < 1.29 is 13.2 Å². The molecule has 2 rings (SSSR count).